The van der Waals surface area contributed by atoms with Gasteiger partial charge in [-0.2, -0.15) is 0 Å². The molecule has 2 bridgehead atoms. The molecule has 0 saturated carbocycles. The van der Waals surface area contributed by atoms with E-state index in [0.29, 0.717) is 0 Å². The SMILES string of the molecule is CNC1CC2CCC(C1)N2CCCS(C)=O. The molecule has 3 unspecified atom stereocenters. The van der Waals surface area contributed by atoms with Gasteiger partial charge in [0.15, 0.2) is 0 Å². The topological polar surface area (TPSA) is 32.3 Å². The van der Waals surface area contributed by atoms with Gasteiger partial charge >= 0.3 is 0 Å². The van der Waals surface area contributed by atoms with E-state index in [-0.39, 0.29) is 0 Å². The van der Waals surface area contributed by atoms with E-state index in [9.17, 15) is 4.21 Å². The van der Waals surface area contributed by atoms with E-state index in [2.05, 4.69) is 17.3 Å². The summed E-state index contributed by atoms with van der Waals surface area (Å²) in [6.07, 6.45) is 8.27. The number of nitrogens with one attached hydrogen (secondary N) is 1. The molecule has 2 heterocycles. The Morgan fingerprint density at radius 1 is 1.31 bits per heavy atom. The van der Waals surface area contributed by atoms with Gasteiger partial charge in [-0.05, 0) is 45.7 Å². The third-order valence-corrected chi connectivity index (χ3v) is 5.00. The van der Waals surface area contributed by atoms with Crippen LogP contribution < -0.4 is 5.32 Å². The minimum Gasteiger partial charge on any atom is -0.317 e. The molecule has 3 atom stereocenters. The van der Waals surface area contributed by atoms with Crippen LogP contribution in [-0.4, -0.2) is 52.8 Å². The molecule has 0 aliphatic carbocycles. The van der Waals surface area contributed by atoms with Gasteiger partial charge in [0, 0.05) is 40.9 Å². The molecule has 2 aliphatic rings. The number of hydrogen-bond donors (Lipinski definition) is 1. The van der Waals surface area contributed by atoms with Crippen LogP contribution in [0.3, 0.4) is 0 Å². The van der Waals surface area contributed by atoms with Crippen LogP contribution in [0.4, 0.5) is 0 Å². The van der Waals surface area contributed by atoms with Gasteiger partial charge in [-0.25, -0.2) is 0 Å². The van der Waals surface area contributed by atoms with Gasteiger partial charge in [0.05, 0.1) is 0 Å². The van der Waals surface area contributed by atoms with Gasteiger partial charge < -0.3 is 5.32 Å². The van der Waals surface area contributed by atoms with E-state index in [4.69, 9.17) is 0 Å². The third kappa shape index (κ3) is 2.84. The summed E-state index contributed by atoms with van der Waals surface area (Å²) in [6, 6.07) is 2.32. The van der Waals surface area contributed by atoms with E-state index in [0.717, 1.165) is 36.8 Å². The maximum absolute atomic E-state index is 11.0. The molecule has 0 aromatic carbocycles. The molecule has 0 aromatic rings. The zero-order valence-corrected chi connectivity index (χ0v) is 11.3. The highest BCUT2D eigenvalue weighted by Gasteiger charge is 2.39. The summed E-state index contributed by atoms with van der Waals surface area (Å²) >= 11 is 0. The number of hydrogen-bond acceptors (Lipinski definition) is 3. The van der Waals surface area contributed by atoms with E-state index >= 15 is 0 Å². The van der Waals surface area contributed by atoms with Crippen LogP contribution in [0.15, 0.2) is 0 Å². The lowest BCUT2D eigenvalue weighted by molar-refractivity contribution is 0.120. The second-order valence-corrected chi connectivity index (χ2v) is 6.77. The van der Waals surface area contributed by atoms with Crippen LogP contribution in [0, 0.1) is 0 Å². The Kier molecular flexibility index (Phi) is 4.39. The summed E-state index contributed by atoms with van der Waals surface area (Å²) in [6.45, 7) is 1.16. The molecule has 2 aliphatic heterocycles. The first-order valence-corrected chi connectivity index (χ1v) is 8.16. The quantitative estimate of drug-likeness (QED) is 0.782. The van der Waals surface area contributed by atoms with Crippen molar-refractivity contribution in [3.8, 4) is 0 Å². The Balaban J connectivity index is 1.81. The smallest absolute Gasteiger partial charge is 0.0244 e. The van der Waals surface area contributed by atoms with Crippen LogP contribution >= 0.6 is 0 Å². The van der Waals surface area contributed by atoms with Crippen molar-refractivity contribution in [2.45, 2.75) is 50.2 Å². The maximum atomic E-state index is 11.0. The highest BCUT2D eigenvalue weighted by molar-refractivity contribution is 7.84. The highest BCUT2D eigenvalue weighted by atomic mass is 32.2. The second kappa shape index (κ2) is 5.61. The van der Waals surface area contributed by atoms with Gasteiger partial charge in [0.1, 0.15) is 0 Å². The van der Waals surface area contributed by atoms with E-state index in [1.54, 1.807) is 0 Å². The predicted molar refractivity (Wildman–Crippen MR) is 69.1 cm³/mol. The number of nitrogens with zero attached hydrogens (tertiary/aromatic N) is 1. The fourth-order valence-corrected chi connectivity index (χ4v) is 3.86. The lowest BCUT2D eigenvalue weighted by Crippen LogP contribution is -2.48. The molecular weight excluding hydrogens is 220 g/mol. The molecule has 3 nitrogen and oxygen atoms in total. The zero-order chi connectivity index (χ0) is 11.5. The van der Waals surface area contributed by atoms with E-state index < -0.39 is 10.8 Å². The fourth-order valence-electron chi connectivity index (χ4n) is 3.33. The van der Waals surface area contributed by atoms with Crippen molar-refractivity contribution in [3.05, 3.63) is 0 Å². The standard InChI is InChI=1S/C12H24N2OS/c1-13-10-8-11-4-5-12(9-10)14(11)6-3-7-16(2)15/h10-13H,3-9H2,1-2H3. The first-order chi connectivity index (χ1) is 7.70. The Bertz CT molecular complexity index is 245. The molecule has 0 radical (unpaired) electrons. The van der Waals surface area contributed by atoms with Crippen molar-refractivity contribution in [3.63, 3.8) is 0 Å². The Morgan fingerprint density at radius 2 is 1.94 bits per heavy atom. The molecular formula is C12H24N2OS. The molecule has 1 N–H and O–H groups in total. The van der Waals surface area contributed by atoms with Crippen molar-refractivity contribution in [2.24, 2.45) is 0 Å². The Labute approximate surface area is 101 Å². The molecule has 16 heavy (non-hydrogen) atoms. The molecule has 0 amide bonds. The third-order valence-electron chi connectivity index (χ3n) is 4.14. The van der Waals surface area contributed by atoms with Gasteiger partial charge in [0.25, 0.3) is 0 Å². The predicted octanol–water partition coefficient (Wildman–Crippen LogP) is 0.970. The maximum Gasteiger partial charge on any atom is 0.0244 e. The van der Waals surface area contributed by atoms with Crippen molar-refractivity contribution >= 4 is 10.8 Å². The van der Waals surface area contributed by atoms with Crippen LogP contribution in [-0.2, 0) is 10.8 Å². The molecule has 2 rings (SSSR count). The Morgan fingerprint density at radius 3 is 2.44 bits per heavy atom. The van der Waals surface area contributed by atoms with Gasteiger partial charge in [0.2, 0.25) is 0 Å². The van der Waals surface area contributed by atoms with Crippen LogP contribution in [0.25, 0.3) is 0 Å². The van der Waals surface area contributed by atoms with Crippen LogP contribution in [0.1, 0.15) is 32.1 Å². The van der Waals surface area contributed by atoms with E-state index in [1.807, 2.05) is 6.26 Å². The summed E-state index contributed by atoms with van der Waals surface area (Å²) in [7, 11) is 1.46. The second-order valence-electron chi connectivity index (χ2n) is 5.21. The van der Waals surface area contributed by atoms with Gasteiger partial charge in [-0.15, -0.1) is 0 Å². The van der Waals surface area contributed by atoms with Crippen molar-refractivity contribution in [1.29, 1.82) is 0 Å². The first kappa shape index (κ1) is 12.5. The number of piperidine rings is 1. The molecule has 2 fully saturated rings. The monoisotopic (exact) mass is 244 g/mol. The molecule has 94 valence electrons. The minimum atomic E-state index is -0.620. The van der Waals surface area contributed by atoms with Crippen molar-refractivity contribution in [1.82, 2.24) is 10.2 Å². The zero-order valence-electron chi connectivity index (χ0n) is 10.4. The van der Waals surface area contributed by atoms with Crippen molar-refractivity contribution in [2.75, 3.05) is 25.6 Å². The summed E-state index contributed by atoms with van der Waals surface area (Å²) in [5, 5.41) is 3.42. The first-order valence-electron chi connectivity index (χ1n) is 6.43. The Hall–Kier alpha value is 0.0700. The summed E-state index contributed by atoms with van der Waals surface area (Å²) < 4.78 is 11.0. The normalized spacial score (nSPS) is 36.5. The lowest BCUT2D eigenvalue weighted by Gasteiger charge is -2.38. The van der Waals surface area contributed by atoms with Crippen LogP contribution in [0.5, 0.6) is 0 Å². The molecule has 0 aromatic heterocycles. The molecule has 4 heteroatoms. The van der Waals surface area contributed by atoms with Gasteiger partial charge in [-0.3, -0.25) is 9.11 Å². The largest absolute Gasteiger partial charge is 0.317 e. The summed E-state index contributed by atoms with van der Waals surface area (Å²) in [5.74, 6) is 0.866. The average Bonchev–Trinajstić information content (AvgIpc) is 2.50. The highest BCUT2D eigenvalue weighted by Crippen LogP contribution is 2.35. The number of fused-ring (bicyclic) bond motifs is 2. The van der Waals surface area contributed by atoms with Crippen molar-refractivity contribution < 1.29 is 4.21 Å². The summed E-state index contributed by atoms with van der Waals surface area (Å²) in [5.41, 5.74) is 0. The lowest BCUT2D eigenvalue weighted by atomic mass is 9.97. The minimum absolute atomic E-state index is 0.620. The van der Waals surface area contributed by atoms with Crippen LogP contribution in [0.2, 0.25) is 0 Å². The average molecular weight is 244 g/mol. The summed E-state index contributed by atoms with van der Waals surface area (Å²) in [4.78, 5) is 2.68. The molecule has 2 saturated heterocycles. The molecule has 0 spiro atoms. The van der Waals surface area contributed by atoms with E-state index in [1.165, 1.54) is 25.7 Å². The fraction of sp³-hybridized carbons (Fsp3) is 1.00. The number of rotatable bonds is 5. The van der Waals surface area contributed by atoms with Gasteiger partial charge in [-0.1, -0.05) is 0 Å².